The van der Waals surface area contributed by atoms with E-state index in [-0.39, 0.29) is 12.0 Å². The predicted octanol–water partition coefficient (Wildman–Crippen LogP) is 3.81. The number of benzene rings is 2. The molecule has 5 heteroatoms. The van der Waals surface area contributed by atoms with Crippen LogP contribution in [-0.2, 0) is 29.4 Å². The summed E-state index contributed by atoms with van der Waals surface area (Å²) in [4.78, 5) is 16.2. The van der Waals surface area contributed by atoms with E-state index < -0.39 is 0 Å². The molecule has 1 aliphatic carbocycles. The normalized spacial score (nSPS) is 15.5. The van der Waals surface area contributed by atoms with Crippen molar-refractivity contribution >= 4 is 5.97 Å². The molecule has 0 radical (unpaired) electrons. The second kappa shape index (κ2) is 7.60. The second-order valence-electron chi connectivity index (χ2n) is 7.39. The molecular weight excluding hydrogens is 350 g/mol. The summed E-state index contributed by atoms with van der Waals surface area (Å²) >= 11 is 0. The summed E-state index contributed by atoms with van der Waals surface area (Å²) in [5.41, 5.74) is 13.0. The van der Waals surface area contributed by atoms with E-state index >= 15 is 0 Å². The highest BCUT2D eigenvalue weighted by atomic mass is 16.5. The molecule has 144 valence electrons. The molecule has 0 bridgehead atoms. The van der Waals surface area contributed by atoms with Crippen molar-refractivity contribution in [2.75, 3.05) is 7.11 Å². The van der Waals surface area contributed by atoms with Crippen molar-refractivity contribution in [3.8, 4) is 22.6 Å². The number of esters is 1. The topological polar surface area (TPSA) is 70.1 Å². The summed E-state index contributed by atoms with van der Waals surface area (Å²) in [6.07, 6.45) is 5.20. The summed E-state index contributed by atoms with van der Waals surface area (Å²) in [7, 11) is 3.43. The number of nitrogens with zero attached hydrogens (tertiary/aromatic N) is 2. The molecule has 0 fully saturated rings. The summed E-state index contributed by atoms with van der Waals surface area (Å²) < 4.78 is 6.75. The average molecular weight is 375 g/mol. The lowest BCUT2D eigenvalue weighted by atomic mass is 10.0. The molecular formula is C23H25N3O2. The minimum Gasteiger partial charge on any atom is -0.469 e. The fourth-order valence-corrected chi connectivity index (χ4v) is 3.85. The zero-order valence-corrected chi connectivity index (χ0v) is 16.3. The van der Waals surface area contributed by atoms with Crippen molar-refractivity contribution in [3.05, 3.63) is 65.4 Å². The van der Waals surface area contributed by atoms with Gasteiger partial charge in [0.25, 0.3) is 0 Å². The highest BCUT2D eigenvalue weighted by Crippen LogP contribution is 2.33. The standard InChI is InChI=1S/C23H25N3O2/c1-26-14-21(18-8-10-19-17(13-18)9-11-20(19)24)25-23(26)16-6-3-15(4-7-16)5-12-22(27)28-2/h3-4,6-8,10,13-14,20H,5,9,11-12,24H2,1-2H3. The van der Waals surface area contributed by atoms with Gasteiger partial charge in [-0.15, -0.1) is 0 Å². The Hall–Kier alpha value is -2.92. The van der Waals surface area contributed by atoms with Gasteiger partial charge in [-0.3, -0.25) is 4.79 Å². The third-order valence-electron chi connectivity index (χ3n) is 5.50. The number of imidazole rings is 1. The van der Waals surface area contributed by atoms with E-state index in [0.29, 0.717) is 12.8 Å². The number of methoxy groups -OCH3 is 1. The smallest absolute Gasteiger partial charge is 0.305 e. The third-order valence-corrected chi connectivity index (χ3v) is 5.50. The lowest BCUT2D eigenvalue weighted by molar-refractivity contribution is -0.140. The SMILES string of the molecule is COC(=O)CCc1ccc(-c2nc(-c3ccc4c(c3)CCC4N)cn2C)cc1. The molecule has 3 aromatic rings. The lowest BCUT2D eigenvalue weighted by Crippen LogP contribution is -2.04. The number of nitrogens with two attached hydrogens (primary N) is 1. The molecule has 0 spiro atoms. The van der Waals surface area contributed by atoms with Crippen LogP contribution in [0.2, 0.25) is 0 Å². The van der Waals surface area contributed by atoms with E-state index in [1.54, 1.807) is 0 Å². The molecule has 2 aromatic carbocycles. The highest BCUT2D eigenvalue weighted by Gasteiger charge is 2.20. The van der Waals surface area contributed by atoms with Crippen LogP contribution in [0.5, 0.6) is 0 Å². The van der Waals surface area contributed by atoms with E-state index in [0.717, 1.165) is 41.1 Å². The van der Waals surface area contributed by atoms with Gasteiger partial charge in [0.1, 0.15) is 5.82 Å². The lowest BCUT2D eigenvalue weighted by Gasteiger charge is -2.05. The molecule has 1 unspecified atom stereocenters. The molecule has 1 heterocycles. The number of aryl methyl sites for hydroxylation is 3. The van der Waals surface area contributed by atoms with Crippen molar-refractivity contribution in [1.29, 1.82) is 0 Å². The Labute approximate surface area is 165 Å². The van der Waals surface area contributed by atoms with Crippen LogP contribution >= 0.6 is 0 Å². The largest absolute Gasteiger partial charge is 0.469 e. The Morgan fingerprint density at radius 3 is 2.71 bits per heavy atom. The Kier molecular flexibility index (Phi) is 5.01. The maximum atomic E-state index is 11.3. The van der Waals surface area contributed by atoms with Crippen LogP contribution in [0.25, 0.3) is 22.6 Å². The number of hydrogen-bond acceptors (Lipinski definition) is 4. The molecule has 0 saturated carbocycles. The van der Waals surface area contributed by atoms with Crippen molar-refractivity contribution in [2.24, 2.45) is 12.8 Å². The first-order valence-electron chi connectivity index (χ1n) is 9.63. The molecule has 0 amide bonds. The van der Waals surface area contributed by atoms with Gasteiger partial charge in [-0.1, -0.05) is 36.4 Å². The van der Waals surface area contributed by atoms with Gasteiger partial charge in [0.2, 0.25) is 0 Å². The fraction of sp³-hybridized carbons (Fsp3) is 0.304. The highest BCUT2D eigenvalue weighted by molar-refractivity contribution is 5.70. The number of carbonyl (C=O) groups excluding carboxylic acids is 1. The zero-order valence-electron chi connectivity index (χ0n) is 16.3. The summed E-state index contributed by atoms with van der Waals surface area (Å²) in [5.74, 6) is 0.736. The van der Waals surface area contributed by atoms with E-state index in [1.807, 2.05) is 19.2 Å². The van der Waals surface area contributed by atoms with Crippen molar-refractivity contribution in [3.63, 3.8) is 0 Å². The van der Waals surface area contributed by atoms with Crippen LogP contribution in [0.1, 0.15) is 35.6 Å². The second-order valence-corrected chi connectivity index (χ2v) is 7.39. The van der Waals surface area contributed by atoms with Gasteiger partial charge >= 0.3 is 5.97 Å². The van der Waals surface area contributed by atoms with Crippen LogP contribution in [0, 0.1) is 0 Å². The number of hydrogen-bond donors (Lipinski definition) is 1. The minimum absolute atomic E-state index is 0.168. The van der Waals surface area contributed by atoms with Gasteiger partial charge < -0.3 is 15.0 Å². The number of ether oxygens (including phenoxy) is 1. The average Bonchev–Trinajstić information content (AvgIpc) is 3.29. The van der Waals surface area contributed by atoms with Crippen molar-refractivity contribution < 1.29 is 9.53 Å². The van der Waals surface area contributed by atoms with Crippen LogP contribution in [0.3, 0.4) is 0 Å². The van der Waals surface area contributed by atoms with Crippen LogP contribution < -0.4 is 5.73 Å². The Morgan fingerprint density at radius 2 is 1.96 bits per heavy atom. The first-order valence-corrected chi connectivity index (χ1v) is 9.63. The predicted molar refractivity (Wildman–Crippen MR) is 110 cm³/mol. The van der Waals surface area contributed by atoms with E-state index in [4.69, 9.17) is 15.5 Å². The van der Waals surface area contributed by atoms with Crippen LogP contribution in [-0.4, -0.2) is 22.6 Å². The van der Waals surface area contributed by atoms with Gasteiger partial charge in [-0.2, -0.15) is 0 Å². The maximum Gasteiger partial charge on any atom is 0.305 e. The van der Waals surface area contributed by atoms with Crippen LogP contribution in [0.4, 0.5) is 0 Å². The first-order chi connectivity index (χ1) is 13.5. The number of carbonyl (C=O) groups is 1. The van der Waals surface area contributed by atoms with Gasteiger partial charge in [0, 0.05) is 36.8 Å². The maximum absolute atomic E-state index is 11.3. The van der Waals surface area contributed by atoms with E-state index in [2.05, 4.69) is 41.1 Å². The number of rotatable bonds is 5. The minimum atomic E-state index is -0.187. The van der Waals surface area contributed by atoms with Gasteiger partial charge in [-0.25, -0.2) is 4.98 Å². The van der Waals surface area contributed by atoms with Gasteiger partial charge in [-0.05, 0) is 42.0 Å². The molecule has 0 aliphatic heterocycles. The molecule has 1 aromatic heterocycles. The molecule has 28 heavy (non-hydrogen) atoms. The van der Waals surface area contributed by atoms with E-state index in [9.17, 15) is 4.79 Å². The summed E-state index contributed by atoms with van der Waals surface area (Å²) in [6.45, 7) is 0. The monoisotopic (exact) mass is 375 g/mol. The molecule has 2 N–H and O–H groups in total. The van der Waals surface area contributed by atoms with Crippen molar-refractivity contribution in [2.45, 2.75) is 31.7 Å². The Bertz CT molecular complexity index is 1010. The number of fused-ring (bicyclic) bond motifs is 1. The van der Waals surface area contributed by atoms with Gasteiger partial charge in [0.15, 0.2) is 0 Å². The Balaban J connectivity index is 1.56. The summed E-state index contributed by atoms with van der Waals surface area (Å²) in [6, 6.07) is 14.9. The fourth-order valence-electron chi connectivity index (χ4n) is 3.85. The number of aromatic nitrogens is 2. The van der Waals surface area contributed by atoms with Crippen LogP contribution in [0.15, 0.2) is 48.7 Å². The molecule has 5 nitrogen and oxygen atoms in total. The molecule has 4 rings (SSSR count). The third kappa shape index (κ3) is 3.58. The molecule has 1 aliphatic rings. The Morgan fingerprint density at radius 1 is 1.21 bits per heavy atom. The zero-order chi connectivity index (χ0) is 19.7. The molecule has 0 saturated heterocycles. The summed E-state index contributed by atoms with van der Waals surface area (Å²) in [5, 5.41) is 0. The first kappa shape index (κ1) is 18.4. The van der Waals surface area contributed by atoms with E-state index in [1.165, 1.54) is 18.2 Å². The van der Waals surface area contributed by atoms with Crippen molar-refractivity contribution in [1.82, 2.24) is 9.55 Å². The quantitative estimate of drug-likeness (QED) is 0.689. The van der Waals surface area contributed by atoms with Gasteiger partial charge in [0.05, 0.1) is 12.8 Å². The molecule has 1 atom stereocenters.